The van der Waals surface area contributed by atoms with Crippen molar-refractivity contribution in [3.8, 4) is 0 Å². The molecule has 7 heteroatoms. The fraction of sp³-hybridized carbons (Fsp3) is 0.636. The number of anilines is 1. The Bertz CT molecular complexity index is 458. The molecule has 0 aromatic carbocycles. The smallest absolute Gasteiger partial charge is 0.231 e. The first-order valence-corrected chi connectivity index (χ1v) is 6.95. The van der Waals surface area contributed by atoms with E-state index in [9.17, 15) is 9.59 Å². The number of nitrogens with zero attached hydrogens (tertiary/aromatic N) is 3. The van der Waals surface area contributed by atoms with Gasteiger partial charge in [-0.25, -0.2) is 0 Å². The van der Waals surface area contributed by atoms with E-state index in [4.69, 9.17) is 0 Å². The van der Waals surface area contributed by atoms with E-state index in [1.165, 1.54) is 24.2 Å². The second-order valence-corrected chi connectivity index (χ2v) is 5.71. The van der Waals surface area contributed by atoms with Crippen LogP contribution in [0.1, 0.15) is 19.3 Å². The highest BCUT2D eigenvalue weighted by Gasteiger charge is 2.37. The SMILES string of the molecule is O=C(Nc1nncs1)[C@@H]1CC(=O)N(CC2CC2)C1. The van der Waals surface area contributed by atoms with Crippen LogP contribution in [0.15, 0.2) is 5.51 Å². The van der Waals surface area contributed by atoms with Crippen molar-refractivity contribution >= 4 is 28.3 Å². The first-order valence-electron chi connectivity index (χ1n) is 6.07. The van der Waals surface area contributed by atoms with Crippen LogP contribution in [0.25, 0.3) is 0 Å². The van der Waals surface area contributed by atoms with Gasteiger partial charge in [0.2, 0.25) is 16.9 Å². The van der Waals surface area contributed by atoms with Gasteiger partial charge in [-0.3, -0.25) is 9.59 Å². The number of carbonyl (C=O) groups is 2. The Kier molecular flexibility index (Phi) is 2.99. The minimum Gasteiger partial charge on any atom is -0.342 e. The van der Waals surface area contributed by atoms with E-state index in [0.717, 1.165) is 6.54 Å². The number of hydrogen-bond acceptors (Lipinski definition) is 5. The second-order valence-electron chi connectivity index (χ2n) is 4.88. The summed E-state index contributed by atoms with van der Waals surface area (Å²) in [4.78, 5) is 25.6. The summed E-state index contributed by atoms with van der Waals surface area (Å²) >= 11 is 1.28. The van der Waals surface area contributed by atoms with Gasteiger partial charge in [-0.15, -0.1) is 10.2 Å². The third-order valence-electron chi connectivity index (χ3n) is 3.35. The number of amides is 2. The number of likely N-dealkylation sites (tertiary alicyclic amines) is 1. The summed E-state index contributed by atoms with van der Waals surface area (Å²) in [6, 6.07) is 0. The molecule has 6 nitrogen and oxygen atoms in total. The molecule has 18 heavy (non-hydrogen) atoms. The lowest BCUT2D eigenvalue weighted by Crippen LogP contribution is -2.29. The van der Waals surface area contributed by atoms with Crippen LogP contribution in [-0.4, -0.2) is 40.0 Å². The van der Waals surface area contributed by atoms with Crippen LogP contribution in [-0.2, 0) is 9.59 Å². The highest BCUT2D eigenvalue weighted by atomic mass is 32.1. The lowest BCUT2D eigenvalue weighted by Gasteiger charge is -2.15. The Labute approximate surface area is 108 Å². The molecule has 1 N–H and O–H groups in total. The fourth-order valence-corrected chi connectivity index (χ4v) is 2.62. The van der Waals surface area contributed by atoms with Gasteiger partial charge in [0.15, 0.2) is 0 Å². The maximum Gasteiger partial charge on any atom is 0.231 e. The van der Waals surface area contributed by atoms with Gasteiger partial charge in [-0.05, 0) is 18.8 Å². The van der Waals surface area contributed by atoms with Crippen LogP contribution in [0.3, 0.4) is 0 Å². The van der Waals surface area contributed by atoms with Crippen LogP contribution in [0.2, 0.25) is 0 Å². The summed E-state index contributed by atoms with van der Waals surface area (Å²) in [7, 11) is 0. The number of hydrogen-bond donors (Lipinski definition) is 1. The van der Waals surface area contributed by atoms with Crippen LogP contribution >= 0.6 is 11.3 Å². The van der Waals surface area contributed by atoms with E-state index in [2.05, 4.69) is 15.5 Å². The molecular weight excluding hydrogens is 252 g/mol. The van der Waals surface area contributed by atoms with E-state index in [1.807, 2.05) is 4.90 Å². The largest absolute Gasteiger partial charge is 0.342 e. The summed E-state index contributed by atoms with van der Waals surface area (Å²) in [6.45, 7) is 1.36. The predicted molar refractivity (Wildman–Crippen MR) is 65.9 cm³/mol. The maximum absolute atomic E-state index is 12.0. The molecule has 2 fully saturated rings. The second kappa shape index (κ2) is 4.64. The molecule has 0 bridgehead atoms. The molecule has 1 aliphatic carbocycles. The molecule has 2 heterocycles. The molecule has 1 aromatic rings. The van der Waals surface area contributed by atoms with E-state index in [0.29, 0.717) is 24.0 Å². The Morgan fingerprint density at radius 3 is 3.06 bits per heavy atom. The van der Waals surface area contributed by atoms with Gasteiger partial charge in [0.1, 0.15) is 5.51 Å². The van der Waals surface area contributed by atoms with Gasteiger partial charge in [0.05, 0.1) is 5.92 Å². The van der Waals surface area contributed by atoms with Crippen molar-refractivity contribution in [3.63, 3.8) is 0 Å². The average molecular weight is 266 g/mol. The average Bonchev–Trinajstić information content (AvgIpc) is 2.86. The van der Waals surface area contributed by atoms with E-state index in [1.54, 1.807) is 5.51 Å². The van der Waals surface area contributed by atoms with Crippen LogP contribution in [0.5, 0.6) is 0 Å². The van der Waals surface area contributed by atoms with Crippen molar-refractivity contribution in [1.29, 1.82) is 0 Å². The van der Waals surface area contributed by atoms with Gasteiger partial charge in [-0.2, -0.15) is 0 Å². The van der Waals surface area contributed by atoms with Crippen molar-refractivity contribution < 1.29 is 9.59 Å². The van der Waals surface area contributed by atoms with E-state index in [-0.39, 0.29) is 17.7 Å². The zero-order valence-electron chi connectivity index (χ0n) is 9.83. The fourth-order valence-electron chi connectivity index (χ4n) is 2.17. The summed E-state index contributed by atoms with van der Waals surface area (Å²) < 4.78 is 0. The zero-order valence-corrected chi connectivity index (χ0v) is 10.7. The number of nitrogens with one attached hydrogen (secondary N) is 1. The Balaban J connectivity index is 1.56. The lowest BCUT2D eigenvalue weighted by molar-refractivity contribution is -0.128. The Morgan fingerprint density at radius 2 is 2.39 bits per heavy atom. The van der Waals surface area contributed by atoms with Gasteiger partial charge in [0.25, 0.3) is 0 Å². The molecule has 2 amide bonds. The van der Waals surface area contributed by atoms with Crippen molar-refractivity contribution in [2.24, 2.45) is 11.8 Å². The number of carbonyl (C=O) groups excluding carboxylic acids is 2. The molecule has 0 unspecified atom stereocenters. The molecule has 0 spiro atoms. The van der Waals surface area contributed by atoms with Crippen LogP contribution in [0, 0.1) is 11.8 Å². The van der Waals surface area contributed by atoms with Gasteiger partial charge in [0, 0.05) is 19.5 Å². The van der Waals surface area contributed by atoms with Gasteiger partial charge >= 0.3 is 0 Å². The Hall–Kier alpha value is -1.50. The standard InChI is InChI=1S/C11H14N4O2S/c16-9-3-8(5-15(9)4-7-1-2-7)10(17)13-11-14-12-6-18-11/h6-8H,1-5H2,(H,13,14,17)/t8-/m1/s1. The predicted octanol–water partition coefficient (Wildman–Crippen LogP) is 0.735. The monoisotopic (exact) mass is 266 g/mol. The molecule has 1 saturated carbocycles. The Morgan fingerprint density at radius 1 is 1.56 bits per heavy atom. The van der Waals surface area contributed by atoms with E-state index < -0.39 is 0 Å². The quantitative estimate of drug-likeness (QED) is 0.872. The molecule has 0 radical (unpaired) electrons. The molecule has 1 saturated heterocycles. The van der Waals surface area contributed by atoms with E-state index >= 15 is 0 Å². The lowest BCUT2D eigenvalue weighted by atomic mass is 10.1. The third kappa shape index (κ3) is 2.50. The summed E-state index contributed by atoms with van der Waals surface area (Å²) in [6.07, 6.45) is 2.74. The van der Waals surface area contributed by atoms with Crippen LogP contribution in [0.4, 0.5) is 5.13 Å². The van der Waals surface area contributed by atoms with Crippen molar-refractivity contribution in [2.75, 3.05) is 18.4 Å². The van der Waals surface area contributed by atoms with Crippen molar-refractivity contribution in [2.45, 2.75) is 19.3 Å². The van der Waals surface area contributed by atoms with Crippen molar-refractivity contribution in [3.05, 3.63) is 5.51 Å². The number of rotatable bonds is 4. The molecule has 1 aliphatic heterocycles. The third-order valence-corrected chi connectivity index (χ3v) is 3.96. The molecule has 96 valence electrons. The topological polar surface area (TPSA) is 75.2 Å². The first kappa shape index (κ1) is 11.6. The summed E-state index contributed by atoms with van der Waals surface area (Å²) in [5, 5.41) is 10.6. The highest BCUT2D eigenvalue weighted by Crippen LogP contribution is 2.32. The molecule has 1 atom stereocenters. The summed E-state index contributed by atoms with van der Waals surface area (Å²) in [5.41, 5.74) is 1.56. The molecule has 1 aromatic heterocycles. The summed E-state index contributed by atoms with van der Waals surface area (Å²) in [5.74, 6) is 0.386. The first-order chi connectivity index (χ1) is 8.72. The van der Waals surface area contributed by atoms with Crippen LogP contribution < -0.4 is 5.32 Å². The highest BCUT2D eigenvalue weighted by molar-refractivity contribution is 7.13. The minimum absolute atomic E-state index is 0.0966. The van der Waals surface area contributed by atoms with Gasteiger partial charge in [-0.1, -0.05) is 11.3 Å². The van der Waals surface area contributed by atoms with Crippen molar-refractivity contribution in [1.82, 2.24) is 15.1 Å². The number of aromatic nitrogens is 2. The minimum atomic E-state index is -0.250. The van der Waals surface area contributed by atoms with Gasteiger partial charge < -0.3 is 10.2 Å². The molecular formula is C11H14N4O2S. The molecule has 3 rings (SSSR count). The normalized spacial score (nSPS) is 23.4. The maximum atomic E-state index is 12.0. The molecule has 2 aliphatic rings. The zero-order chi connectivity index (χ0) is 12.5.